The van der Waals surface area contributed by atoms with E-state index in [9.17, 15) is 4.79 Å². The number of hydrogen-bond acceptors (Lipinski definition) is 6. The van der Waals surface area contributed by atoms with Crippen molar-refractivity contribution >= 4 is 17.5 Å². The maximum atomic E-state index is 13.2. The third kappa shape index (κ3) is 4.51. The minimum Gasteiger partial charge on any atom is -0.497 e. The third-order valence-corrected chi connectivity index (χ3v) is 4.73. The Balaban J connectivity index is 1.86. The quantitative estimate of drug-likeness (QED) is 0.567. The van der Waals surface area contributed by atoms with Gasteiger partial charge in [-0.2, -0.15) is 0 Å². The van der Waals surface area contributed by atoms with Gasteiger partial charge >= 0.3 is 0 Å². The van der Waals surface area contributed by atoms with Gasteiger partial charge in [0.05, 0.1) is 36.9 Å². The second-order valence-electron chi connectivity index (χ2n) is 6.57. The van der Waals surface area contributed by atoms with E-state index in [1.54, 1.807) is 42.3 Å². The van der Waals surface area contributed by atoms with Crippen molar-refractivity contribution in [3.63, 3.8) is 0 Å². The fourth-order valence-corrected chi connectivity index (χ4v) is 3.04. The standard InChI is InChI=1S/C21H22ClN3O4/c1-13(2)25(21(26)16-10-9-14(27-3)11-18(16)28-4)12-19-23-24-20(29-19)15-7-5-6-8-17(15)22/h5-11,13H,12H2,1-4H3. The van der Waals surface area contributed by atoms with Crippen molar-refractivity contribution in [1.29, 1.82) is 0 Å². The molecule has 3 aromatic rings. The van der Waals surface area contributed by atoms with Gasteiger partial charge in [-0.15, -0.1) is 10.2 Å². The van der Waals surface area contributed by atoms with Crippen molar-refractivity contribution in [2.24, 2.45) is 0 Å². The summed E-state index contributed by atoms with van der Waals surface area (Å²) >= 11 is 6.20. The molecule has 0 saturated heterocycles. The van der Waals surface area contributed by atoms with Crippen molar-refractivity contribution in [3.8, 4) is 23.0 Å². The summed E-state index contributed by atoms with van der Waals surface area (Å²) in [6, 6.07) is 12.2. The third-order valence-electron chi connectivity index (χ3n) is 4.40. The molecular formula is C21H22ClN3O4. The zero-order valence-corrected chi connectivity index (χ0v) is 17.4. The molecule has 3 rings (SSSR count). The topological polar surface area (TPSA) is 77.7 Å². The predicted molar refractivity (Wildman–Crippen MR) is 109 cm³/mol. The molecule has 29 heavy (non-hydrogen) atoms. The van der Waals surface area contributed by atoms with E-state index in [1.807, 2.05) is 26.0 Å². The van der Waals surface area contributed by atoms with Gasteiger partial charge in [-0.05, 0) is 38.1 Å². The molecule has 7 nitrogen and oxygen atoms in total. The first-order valence-corrected chi connectivity index (χ1v) is 9.42. The van der Waals surface area contributed by atoms with Crippen LogP contribution in [0.1, 0.15) is 30.1 Å². The maximum Gasteiger partial charge on any atom is 0.258 e. The molecule has 0 aliphatic rings. The highest BCUT2D eigenvalue weighted by Gasteiger charge is 2.25. The van der Waals surface area contributed by atoms with E-state index in [4.69, 9.17) is 25.5 Å². The number of benzene rings is 2. The summed E-state index contributed by atoms with van der Waals surface area (Å²) in [6.07, 6.45) is 0. The van der Waals surface area contributed by atoms with Gasteiger partial charge < -0.3 is 18.8 Å². The molecule has 2 aromatic carbocycles. The van der Waals surface area contributed by atoms with Crippen LogP contribution in [0.3, 0.4) is 0 Å². The van der Waals surface area contributed by atoms with Gasteiger partial charge in [-0.1, -0.05) is 23.7 Å². The highest BCUT2D eigenvalue weighted by Crippen LogP contribution is 2.28. The molecule has 0 radical (unpaired) electrons. The van der Waals surface area contributed by atoms with E-state index in [0.717, 1.165) is 0 Å². The first-order valence-electron chi connectivity index (χ1n) is 9.04. The van der Waals surface area contributed by atoms with Gasteiger partial charge in [0.15, 0.2) is 0 Å². The van der Waals surface area contributed by atoms with Crippen LogP contribution in [-0.4, -0.2) is 41.3 Å². The molecule has 152 valence electrons. The number of ether oxygens (including phenoxy) is 2. The summed E-state index contributed by atoms with van der Waals surface area (Å²) in [4.78, 5) is 14.8. The Labute approximate surface area is 174 Å². The Bertz CT molecular complexity index is 1000. The number of carbonyl (C=O) groups is 1. The zero-order chi connectivity index (χ0) is 21.0. The minimum absolute atomic E-state index is 0.107. The molecule has 0 bridgehead atoms. The second kappa shape index (κ2) is 8.96. The number of rotatable bonds is 7. The van der Waals surface area contributed by atoms with Crippen LogP contribution < -0.4 is 9.47 Å². The average molecular weight is 416 g/mol. The van der Waals surface area contributed by atoms with E-state index in [2.05, 4.69) is 10.2 Å². The van der Waals surface area contributed by atoms with Crippen LogP contribution in [0.5, 0.6) is 11.5 Å². The van der Waals surface area contributed by atoms with E-state index in [1.165, 1.54) is 7.11 Å². The van der Waals surface area contributed by atoms with Crippen LogP contribution in [0, 0.1) is 0 Å². The lowest BCUT2D eigenvalue weighted by Crippen LogP contribution is -2.36. The maximum absolute atomic E-state index is 13.2. The fraction of sp³-hybridized carbons (Fsp3) is 0.286. The largest absolute Gasteiger partial charge is 0.497 e. The fourth-order valence-electron chi connectivity index (χ4n) is 2.83. The molecule has 0 fully saturated rings. The molecule has 0 atom stereocenters. The first kappa shape index (κ1) is 20.7. The van der Waals surface area contributed by atoms with Crippen LogP contribution in [-0.2, 0) is 6.54 Å². The monoisotopic (exact) mass is 415 g/mol. The molecule has 8 heteroatoms. The molecule has 0 unspecified atom stereocenters. The molecule has 0 N–H and O–H groups in total. The van der Waals surface area contributed by atoms with Crippen LogP contribution >= 0.6 is 11.6 Å². The summed E-state index contributed by atoms with van der Waals surface area (Å²) in [7, 11) is 3.07. The number of methoxy groups -OCH3 is 2. The number of amides is 1. The van der Waals surface area contributed by atoms with Crippen LogP contribution in [0.4, 0.5) is 0 Å². The smallest absolute Gasteiger partial charge is 0.258 e. The molecule has 0 saturated carbocycles. The van der Waals surface area contributed by atoms with Crippen LogP contribution in [0.2, 0.25) is 5.02 Å². The number of aromatic nitrogens is 2. The molecule has 0 aliphatic carbocycles. The van der Waals surface area contributed by atoms with Crippen molar-refractivity contribution in [2.75, 3.05) is 14.2 Å². The zero-order valence-electron chi connectivity index (χ0n) is 16.7. The molecule has 1 aromatic heterocycles. The molecule has 0 spiro atoms. The summed E-state index contributed by atoms with van der Waals surface area (Å²) in [6.45, 7) is 3.99. The lowest BCUT2D eigenvalue weighted by atomic mass is 10.1. The predicted octanol–water partition coefficient (Wildman–Crippen LogP) is 4.46. The Morgan fingerprint density at radius 1 is 1.14 bits per heavy atom. The summed E-state index contributed by atoms with van der Waals surface area (Å²) in [5, 5.41) is 8.67. The molecule has 1 heterocycles. The van der Waals surface area contributed by atoms with Gasteiger partial charge in [-0.25, -0.2) is 0 Å². The van der Waals surface area contributed by atoms with Crippen LogP contribution in [0.15, 0.2) is 46.9 Å². The number of carbonyl (C=O) groups excluding carboxylic acids is 1. The first-order chi connectivity index (χ1) is 13.9. The van der Waals surface area contributed by atoms with Crippen molar-refractivity contribution in [3.05, 3.63) is 58.9 Å². The van der Waals surface area contributed by atoms with Gasteiger partial charge in [0.25, 0.3) is 5.91 Å². The summed E-state index contributed by atoms with van der Waals surface area (Å²) in [5.41, 5.74) is 1.07. The van der Waals surface area contributed by atoms with E-state index in [0.29, 0.717) is 39.4 Å². The molecular weight excluding hydrogens is 394 g/mol. The van der Waals surface area contributed by atoms with Gasteiger partial charge in [0, 0.05) is 12.1 Å². The van der Waals surface area contributed by atoms with Crippen LogP contribution in [0.25, 0.3) is 11.5 Å². The highest BCUT2D eigenvalue weighted by atomic mass is 35.5. The Morgan fingerprint density at radius 2 is 1.90 bits per heavy atom. The summed E-state index contributed by atoms with van der Waals surface area (Å²) in [5.74, 6) is 1.45. The van der Waals surface area contributed by atoms with Crippen molar-refractivity contribution < 1.29 is 18.7 Å². The number of hydrogen-bond donors (Lipinski definition) is 0. The molecule has 0 aliphatic heterocycles. The van der Waals surface area contributed by atoms with Gasteiger partial charge in [0.2, 0.25) is 11.8 Å². The second-order valence-corrected chi connectivity index (χ2v) is 6.98. The Kier molecular flexibility index (Phi) is 6.39. The van der Waals surface area contributed by atoms with E-state index >= 15 is 0 Å². The Morgan fingerprint density at radius 3 is 2.55 bits per heavy atom. The lowest BCUT2D eigenvalue weighted by Gasteiger charge is -2.26. The SMILES string of the molecule is COc1ccc(C(=O)N(Cc2nnc(-c3ccccc3Cl)o2)C(C)C)c(OC)c1. The minimum atomic E-state index is -0.211. The van der Waals surface area contributed by atoms with E-state index < -0.39 is 0 Å². The number of halogens is 1. The Hall–Kier alpha value is -3.06. The van der Waals surface area contributed by atoms with Gasteiger partial charge in [-0.3, -0.25) is 4.79 Å². The number of nitrogens with zero attached hydrogens (tertiary/aromatic N) is 3. The van der Waals surface area contributed by atoms with E-state index in [-0.39, 0.29) is 18.5 Å². The normalized spacial score (nSPS) is 10.8. The average Bonchev–Trinajstić information content (AvgIpc) is 3.19. The highest BCUT2D eigenvalue weighted by molar-refractivity contribution is 6.33. The van der Waals surface area contributed by atoms with Crippen molar-refractivity contribution in [2.45, 2.75) is 26.4 Å². The van der Waals surface area contributed by atoms with Gasteiger partial charge in [0.1, 0.15) is 11.5 Å². The summed E-state index contributed by atoms with van der Waals surface area (Å²) < 4.78 is 16.3. The molecule has 1 amide bonds. The van der Waals surface area contributed by atoms with Crippen molar-refractivity contribution in [1.82, 2.24) is 15.1 Å². The lowest BCUT2D eigenvalue weighted by molar-refractivity contribution is 0.0669.